The number of hydrogen-bond donors (Lipinski definition) is 1. The molecule has 1 atom stereocenters. The first kappa shape index (κ1) is 14.2. The fourth-order valence-corrected chi connectivity index (χ4v) is 2.76. The van der Waals surface area contributed by atoms with E-state index in [9.17, 15) is 0 Å². The van der Waals surface area contributed by atoms with E-state index in [0.29, 0.717) is 12.1 Å². The highest BCUT2D eigenvalue weighted by atomic mass is 16.5. The van der Waals surface area contributed by atoms with Gasteiger partial charge in [-0.25, -0.2) is 0 Å². The summed E-state index contributed by atoms with van der Waals surface area (Å²) in [5.41, 5.74) is 1.12. The molecule has 0 bridgehead atoms. The molecule has 0 aliphatic carbocycles. The van der Waals surface area contributed by atoms with Crippen LogP contribution in [-0.4, -0.2) is 37.2 Å². The van der Waals surface area contributed by atoms with Gasteiger partial charge in [-0.1, -0.05) is 12.1 Å². The molecule has 1 aromatic carbocycles. The minimum Gasteiger partial charge on any atom is -0.495 e. The van der Waals surface area contributed by atoms with Crippen LogP contribution < -0.4 is 10.1 Å². The molecule has 1 fully saturated rings. The smallest absolute Gasteiger partial charge is 0.141 e. The van der Waals surface area contributed by atoms with Crippen molar-refractivity contribution in [1.29, 1.82) is 0 Å². The zero-order chi connectivity index (χ0) is 13.7. The zero-order valence-electron chi connectivity index (χ0n) is 12.4. The summed E-state index contributed by atoms with van der Waals surface area (Å²) in [4.78, 5) is 2.57. The van der Waals surface area contributed by atoms with Gasteiger partial charge in [0.15, 0.2) is 0 Å². The molecule has 1 aromatic rings. The number of likely N-dealkylation sites (tertiary alicyclic amines) is 1. The lowest BCUT2D eigenvalue weighted by molar-refractivity contribution is 0.230. The first-order valence-corrected chi connectivity index (χ1v) is 7.34. The predicted molar refractivity (Wildman–Crippen MR) is 81.0 cm³/mol. The topological polar surface area (TPSA) is 24.5 Å². The summed E-state index contributed by atoms with van der Waals surface area (Å²) in [6.07, 6.45) is 3.71. The lowest BCUT2D eigenvalue weighted by Gasteiger charge is -2.24. The van der Waals surface area contributed by atoms with Crippen LogP contribution in [0.15, 0.2) is 24.3 Å². The molecular weight excluding hydrogens is 236 g/mol. The third kappa shape index (κ3) is 3.87. The predicted octanol–water partition coefficient (Wildman–Crippen LogP) is 3.37. The molecule has 1 unspecified atom stereocenters. The van der Waals surface area contributed by atoms with Gasteiger partial charge in [0.2, 0.25) is 0 Å². The molecule has 3 nitrogen and oxygen atoms in total. The van der Waals surface area contributed by atoms with Crippen LogP contribution in [0.1, 0.15) is 33.1 Å². The fourth-order valence-electron chi connectivity index (χ4n) is 2.76. The molecule has 0 aromatic heterocycles. The van der Waals surface area contributed by atoms with Crippen LogP contribution in [0.4, 0.5) is 5.69 Å². The Morgan fingerprint density at radius 1 is 1.21 bits per heavy atom. The summed E-state index contributed by atoms with van der Waals surface area (Å²) >= 11 is 0. The molecule has 0 saturated carbocycles. The number of hydrogen-bond acceptors (Lipinski definition) is 3. The van der Waals surface area contributed by atoms with Crippen LogP contribution in [-0.2, 0) is 0 Å². The first-order chi connectivity index (χ1) is 9.20. The van der Waals surface area contributed by atoms with Crippen molar-refractivity contribution in [3.8, 4) is 5.75 Å². The molecule has 1 aliphatic heterocycles. The number of ether oxygens (including phenoxy) is 1. The maximum absolute atomic E-state index is 5.40. The lowest BCUT2D eigenvalue weighted by atomic mass is 10.1. The quantitative estimate of drug-likeness (QED) is 0.900. The first-order valence-electron chi connectivity index (χ1n) is 7.34. The molecule has 0 amide bonds. The van der Waals surface area contributed by atoms with E-state index in [-0.39, 0.29) is 0 Å². The van der Waals surface area contributed by atoms with Crippen molar-refractivity contribution in [2.45, 2.75) is 45.2 Å². The molecule has 3 heteroatoms. The Hall–Kier alpha value is -1.22. The molecule has 0 spiro atoms. The third-order valence-electron chi connectivity index (χ3n) is 3.96. The molecule has 1 N–H and O–H groups in total. The van der Waals surface area contributed by atoms with Crippen molar-refractivity contribution < 1.29 is 4.74 Å². The minimum atomic E-state index is 0.556. The normalized spacial score (nSPS) is 21.2. The summed E-state index contributed by atoms with van der Waals surface area (Å²) in [6.45, 7) is 6.98. The molecule has 19 heavy (non-hydrogen) atoms. The molecule has 2 rings (SSSR count). The van der Waals surface area contributed by atoms with Crippen molar-refractivity contribution in [1.82, 2.24) is 4.90 Å². The highest BCUT2D eigenvalue weighted by Gasteiger charge is 2.19. The summed E-state index contributed by atoms with van der Waals surface area (Å²) in [6, 6.07) is 9.40. The Morgan fingerprint density at radius 2 is 2.00 bits per heavy atom. The van der Waals surface area contributed by atoms with Crippen molar-refractivity contribution >= 4 is 5.69 Å². The third-order valence-corrected chi connectivity index (χ3v) is 3.96. The van der Waals surface area contributed by atoms with Crippen LogP contribution in [0.3, 0.4) is 0 Å². The van der Waals surface area contributed by atoms with Crippen molar-refractivity contribution in [2.24, 2.45) is 0 Å². The standard InChI is InChI=1S/C16H26N2O/c1-13(2)18-11-6-7-14(10-12-18)17-15-8-4-5-9-16(15)19-3/h4-5,8-9,13-14,17H,6-7,10-12H2,1-3H3. The fraction of sp³-hybridized carbons (Fsp3) is 0.625. The number of nitrogens with zero attached hydrogens (tertiary/aromatic N) is 1. The monoisotopic (exact) mass is 262 g/mol. The second-order valence-electron chi connectivity index (χ2n) is 5.60. The van der Waals surface area contributed by atoms with Gasteiger partial charge in [0.25, 0.3) is 0 Å². The Kier molecular flexibility index (Phi) is 5.08. The number of nitrogens with one attached hydrogen (secondary N) is 1. The number of para-hydroxylation sites is 2. The highest BCUT2D eigenvalue weighted by molar-refractivity contribution is 5.56. The molecule has 106 valence electrons. The second-order valence-corrected chi connectivity index (χ2v) is 5.60. The van der Waals surface area contributed by atoms with E-state index in [1.807, 2.05) is 12.1 Å². The van der Waals surface area contributed by atoms with Gasteiger partial charge in [0.1, 0.15) is 5.75 Å². The second kappa shape index (κ2) is 6.80. The molecule has 0 radical (unpaired) electrons. The molecule has 1 saturated heterocycles. The van der Waals surface area contributed by atoms with Crippen molar-refractivity contribution in [3.63, 3.8) is 0 Å². The van der Waals surface area contributed by atoms with E-state index < -0.39 is 0 Å². The van der Waals surface area contributed by atoms with Gasteiger partial charge in [0, 0.05) is 18.6 Å². The van der Waals surface area contributed by atoms with Crippen LogP contribution in [0.5, 0.6) is 5.75 Å². The number of methoxy groups -OCH3 is 1. The Balaban J connectivity index is 1.96. The Bertz CT molecular complexity index is 392. The van der Waals surface area contributed by atoms with Crippen molar-refractivity contribution in [3.05, 3.63) is 24.3 Å². The SMILES string of the molecule is COc1ccccc1NC1CCCN(C(C)C)CC1. The summed E-state index contributed by atoms with van der Waals surface area (Å²) in [5, 5.41) is 3.65. The van der Waals surface area contributed by atoms with E-state index >= 15 is 0 Å². The molecule has 1 heterocycles. The average molecular weight is 262 g/mol. The highest BCUT2D eigenvalue weighted by Crippen LogP contribution is 2.26. The largest absolute Gasteiger partial charge is 0.495 e. The summed E-state index contributed by atoms with van der Waals surface area (Å²) in [5.74, 6) is 0.937. The van der Waals surface area contributed by atoms with E-state index in [1.54, 1.807) is 7.11 Å². The van der Waals surface area contributed by atoms with Crippen LogP contribution in [0, 0.1) is 0 Å². The van der Waals surface area contributed by atoms with E-state index in [0.717, 1.165) is 11.4 Å². The Morgan fingerprint density at radius 3 is 2.74 bits per heavy atom. The lowest BCUT2D eigenvalue weighted by Crippen LogP contribution is -2.32. The van der Waals surface area contributed by atoms with Gasteiger partial charge in [-0.3, -0.25) is 0 Å². The number of rotatable bonds is 4. The van der Waals surface area contributed by atoms with E-state index in [1.165, 1.54) is 32.4 Å². The average Bonchev–Trinajstić information content (AvgIpc) is 2.65. The molecule has 1 aliphatic rings. The van der Waals surface area contributed by atoms with Gasteiger partial charge in [-0.2, -0.15) is 0 Å². The minimum absolute atomic E-state index is 0.556. The van der Waals surface area contributed by atoms with Gasteiger partial charge >= 0.3 is 0 Å². The number of benzene rings is 1. The van der Waals surface area contributed by atoms with E-state index in [4.69, 9.17) is 4.74 Å². The Labute approximate surface area is 116 Å². The number of anilines is 1. The van der Waals surface area contributed by atoms with Crippen molar-refractivity contribution in [2.75, 3.05) is 25.5 Å². The van der Waals surface area contributed by atoms with Gasteiger partial charge < -0.3 is 15.0 Å². The summed E-state index contributed by atoms with van der Waals surface area (Å²) < 4.78 is 5.40. The molecular formula is C16H26N2O. The maximum Gasteiger partial charge on any atom is 0.141 e. The van der Waals surface area contributed by atoms with Gasteiger partial charge in [0.05, 0.1) is 12.8 Å². The van der Waals surface area contributed by atoms with Gasteiger partial charge in [-0.05, 0) is 51.8 Å². The van der Waals surface area contributed by atoms with Crippen LogP contribution >= 0.6 is 0 Å². The van der Waals surface area contributed by atoms with E-state index in [2.05, 4.69) is 36.2 Å². The van der Waals surface area contributed by atoms with Gasteiger partial charge in [-0.15, -0.1) is 0 Å². The van der Waals surface area contributed by atoms with Crippen LogP contribution in [0.25, 0.3) is 0 Å². The van der Waals surface area contributed by atoms with Crippen LogP contribution in [0.2, 0.25) is 0 Å². The summed E-state index contributed by atoms with van der Waals surface area (Å²) in [7, 11) is 1.73. The maximum atomic E-state index is 5.40. The zero-order valence-corrected chi connectivity index (χ0v) is 12.4.